The van der Waals surface area contributed by atoms with Crippen LogP contribution in [0, 0.1) is 6.92 Å². The minimum atomic E-state index is -0.267. The second kappa shape index (κ2) is 6.80. The SMILES string of the molecule is Cc1ccc(Cn2cc(NC(=O)c3cccnn3)c3ccccc32)cc1. The van der Waals surface area contributed by atoms with Crippen LogP contribution in [-0.4, -0.2) is 20.7 Å². The Labute approximate surface area is 151 Å². The van der Waals surface area contributed by atoms with Crippen LogP contribution in [0.2, 0.25) is 0 Å². The lowest BCUT2D eigenvalue weighted by Crippen LogP contribution is -2.13. The Balaban J connectivity index is 1.67. The number of nitrogens with one attached hydrogen (secondary N) is 1. The molecule has 0 radical (unpaired) electrons. The van der Waals surface area contributed by atoms with Gasteiger partial charge in [0.1, 0.15) is 0 Å². The minimum absolute atomic E-state index is 0.267. The molecule has 5 nitrogen and oxygen atoms in total. The zero-order valence-corrected chi connectivity index (χ0v) is 14.4. The van der Waals surface area contributed by atoms with Crippen molar-refractivity contribution in [2.45, 2.75) is 13.5 Å². The third-order valence-corrected chi connectivity index (χ3v) is 4.32. The summed E-state index contributed by atoms with van der Waals surface area (Å²) in [5.41, 5.74) is 4.58. The van der Waals surface area contributed by atoms with Gasteiger partial charge in [0.2, 0.25) is 0 Å². The average Bonchev–Trinajstić information content (AvgIpc) is 3.02. The van der Waals surface area contributed by atoms with Crippen LogP contribution in [0.3, 0.4) is 0 Å². The van der Waals surface area contributed by atoms with Crippen molar-refractivity contribution in [3.63, 3.8) is 0 Å². The Morgan fingerprint density at radius 2 is 1.85 bits per heavy atom. The van der Waals surface area contributed by atoms with Crippen molar-refractivity contribution in [3.05, 3.63) is 89.9 Å². The Morgan fingerprint density at radius 3 is 2.62 bits per heavy atom. The standard InChI is InChI=1S/C21H18N4O/c1-15-8-10-16(11-9-15)13-25-14-19(17-5-2-3-7-20(17)25)23-21(26)18-6-4-12-22-24-18/h2-12,14H,13H2,1H3,(H,23,26). The smallest absolute Gasteiger partial charge is 0.276 e. The molecule has 1 amide bonds. The number of anilines is 1. The molecule has 5 heteroatoms. The summed E-state index contributed by atoms with van der Waals surface area (Å²) in [5.74, 6) is -0.267. The molecule has 2 aromatic carbocycles. The van der Waals surface area contributed by atoms with E-state index in [4.69, 9.17) is 0 Å². The van der Waals surface area contributed by atoms with Crippen molar-refractivity contribution in [2.24, 2.45) is 0 Å². The van der Waals surface area contributed by atoms with Crippen molar-refractivity contribution in [3.8, 4) is 0 Å². The molecule has 0 aliphatic heterocycles. The number of fused-ring (bicyclic) bond motifs is 1. The highest BCUT2D eigenvalue weighted by Crippen LogP contribution is 2.27. The van der Waals surface area contributed by atoms with E-state index in [0.717, 1.165) is 23.1 Å². The summed E-state index contributed by atoms with van der Waals surface area (Å²) >= 11 is 0. The summed E-state index contributed by atoms with van der Waals surface area (Å²) in [6.07, 6.45) is 3.52. The summed E-state index contributed by atoms with van der Waals surface area (Å²) in [6.45, 7) is 2.82. The molecule has 0 aliphatic rings. The molecular weight excluding hydrogens is 324 g/mol. The second-order valence-electron chi connectivity index (χ2n) is 6.24. The molecule has 128 valence electrons. The van der Waals surface area contributed by atoms with E-state index in [1.807, 2.05) is 24.4 Å². The lowest BCUT2D eigenvalue weighted by atomic mass is 10.1. The summed E-state index contributed by atoms with van der Waals surface area (Å²) in [5, 5.41) is 11.6. The lowest BCUT2D eigenvalue weighted by Gasteiger charge is -2.05. The molecule has 0 saturated heterocycles. The Bertz CT molecular complexity index is 1050. The fraction of sp³-hybridized carbons (Fsp3) is 0.0952. The number of aromatic nitrogens is 3. The number of rotatable bonds is 4. The molecule has 1 N–H and O–H groups in total. The molecule has 0 saturated carbocycles. The fourth-order valence-corrected chi connectivity index (χ4v) is 2.98. The number of amides is 1. The van der Waals surface area contributed by atoms with E-state index in [2.05, 4.69) is 57.3 Å². The molecular formula is C21H18N4O. The minimum Gasteiger partial charge on any atom is -0.341 e. The normalized spacial score (nSPS) is 10.8. The third kappa shape index (κ3) is 3.19. The molecule has 0 atom stereocenters. The molecule has 4 rings (SSSR count). The predicted molar refractivity (Wildman–Crippen MR) is 102 cm³/mol. The van der Waals surface area contributed by atoms with Crippen molar-refractivity contribution in [1.82, 2.24) is 14.8 Å². The maximum atomic E-state index is 12.4. The van der Waals surface area contributed by atoms with Gasteiger partial charge in [-0.1, -0.05) is 48.0 Å². The molecule has 26 heavy (non-hydrogen) atoms. The molecule has 2 heterocycles. The highest BCUT2D eigenvalue weighted by molar-refractivity contribution is 6.08. The van der Waals surface area contributed by atoms with Crippen molar-refractivity contribution >= 4 is 22.5 Å². The van der Waals surface area contributed by atoms with E-state index in [1.165, 1.54) is 11.1 Å². The van der Waals surface area contributed by atoms with Crippen LogP contribution in [0.1, 0.15) is 21.6 Å². The van der Waals surface area contributed by atoms with Crippen LogP contribution < -0.4 is 5.32 Å². The maximum absolute atomic E-state index is 12.4. The van der Waals surface area contributed by atoms with E-state index in [0.29, 0.717) is 5.69 Å². The zero-order chi connectivity index (χ0) is 17.9. The Hall–Kier alpha value is -3.47. The first-order valence-electron chi connectivity index (χ1n) is 8.43. The maximum Gasteiger partial charge on any atom is 0.276 e. The molecule has 0 fully saturated rings. The summed E-state index contributed by atoms with van der Waals surface area (Å²) < 4.78 is 2.15. The number of aryl methyl sites for hydroxylation is 1. The van der Waals surface area contributed by atoms with Crippen molar-refractivity contribution in [1.29, 1.82) is 0 Å². The van der Waals surface area contributed by atoms with Crippen LogP contribution in [-0.2, 0) is 6.54 Å². The van der Waals surface area contributed by atoms with Gasteiger partial charge >= 0.3 is 0 Å². The van der Waals surface area contributed by atoms with Gasteiger partial charge in [-0.15, -0.1) is 5.10 Å². The monoisotopic (exact) mass is 342 g/mol. The number of carbonyl (C=O) groups excluding carboxylic acids is 1. The van der Waals surface area contributed by atoms with E-state index >= 15 is 0 Å². The van der Waals surface area contributed by atoms with Gasteiger partial charge in [0, 0.05) is 24.3 Å². The topological polar surface area (TPSA) is 59.8 Å². The van der Waals surface area contributed by atoms with Gasteiger partial charge < -0.3 is 9.88 Å². The van der Waals surface area contributed by atoms with E-state index < -0.39 is 0 Å². The van der Waals surface area contributed by atoms with Crippen LogP contribution in [0.15, 0.2) is 73.1 Å². The first-order chi connectivity index (χ1) is 12.7. The molecule has 0 bridgehead atoms. The second-order valence-corrected chi connectivity index (χ2v) is 6.24. The van der Waals surface area contributed by atoms with Gasteiger partial charge in [0.05, 0.1) is 11.2 Å². The molecule has 0 aliphatic carbocycles. The van der Waals surface area contributed by atoms with E-state index in [1.54, 1.807) is 18.3 Å². The first-order valence-corrected chi connectivity index (χ1v) is 8.43. The van der Waals surface area contributed by atoms with Gasteiger partial charge in [-0.25, -0.2) is 0 Å². The predicted octanol–water partition coefficient (Wildman–Crippen LogP) is 4.04. The van der Waals surface area contributed by atoms with Gasteiger partial charge in [-0.2, -0.15) is 5.10 Å². The lowest BCUT2D eigenvalue weighted by molar-refractivity contribution is 0.102. The van der Waals surface area contributed by atoms with Gasteiger partial charge in [0.25, 0.3) is 5.91 Å². The Morgan fingerprint density at radius 1 is 1.04 bits per heavy atom. The number of carbonyl (C=O) groups is 1. The fourth-order valence-electron chi connectivity index (χ4n) is 2.98. The zero-order valence-electron chi connectivity index (χ0n) is 14.4. The van der Waals surface area contributed by atoms with Gasteiger partial charge in [-0.3, -0.25) is 4.79 Å². The largest absolute Gasteiger partial charge is 0.341 e. The number of nitrogens with zero attached hydrogens (tertiary/aromatic N) is 3. The van der Waals surface area contributed by atoms with E-state index in [-0.39, 0.29) is 5.91 Å². The van der Waals surface area contributed by atoms with Crippen LogP contribution >= 0.6 is 0 Å². The number of hydrogen-bond acceptors (Lipinski definition) is 3. The molecule has 0 spiro atoms. The Kier molecular flexibility index (Phi) is 4.19. The van der Waals surface area contributed by atoms with Gasteiger partial charge in [-0.05, 0) is 30.7 Å². The third-order valence-electron chi connectivity index (χ3n) is 4.32. The van der Waals surface area contributed by atoms with Crippen molar-refractivity contribution in [2.75, 3.05) is 5.32 Å². The molecule has 4 aromatic rings. The average molecular weight is 342 g/mol. The first kappa shape index (κ1) is 16.0. The summed E-state index contributed by atoms with van der Waals surface area (Å²) in [7, 11) is 0. The molecule has 2 aromatic heterocycles. The summed E-state index contributed by atoms with van der Waals surface area (Å²) in [4.78, 5) is 12.4. The van der Waals surface area contributed by atoms with Crippen molar-refractivity contribution < 1.29 is 4.79 Å². The van der Waals surface area contributed by atoms with Crippen LogP contribution in [0.5, 0.6) is 0 Å². The number of para-hydroxylation sites is 1. The van der Waals surface area contributed by atoms with E-state index in [9.17, 15) is 4.79 Å². The number of hydrogen-bond donors (Lipinski definition) is 1. The van der Waals surface area contributed by atoms with Crippen LogP contribution in [0.25, 0.3) is 10.9 Å². The quantitative estimate of drug-likeness (QED) is 0.609. The van der Waals surface area contributed by atoms with Crippen LogP contribution in [0.4, 0.5) is 5.69 Å². The highest BCUT2D eigenvalue weighted by atomic mass is 16.1. The number of benzene rings is 2. The highest BCUT2D eigenvalue weighted by Gasteiger charge is 2.13. The van der Waals surface area contributed by atoms with Gasteiger partial charge in [0.15, 0.2) is 5.69 Å². The molecule has 0 unspecified atom stereocenters. The summed E-state index contributed by atoms with van der Waals surface area (Å²) in [6, 6.07) is 19.9.